The van der Waals surface area contributed by atoms with Crippen molar-refractivity contribution in [3.05, 3.63) is 64.2 Å². The Morgan fingerprint density at radius 3 is 2.82 bits per heavy atom. The summed E-state index contributed by atoms with van der Waals surface area (Å²) in [7, 11) is 0. The number of piperidine rings is 1. The molecule has 4 rings (SSSR count). The molecule has 4 nitrogen and oxygen atoms in total. The molecule has 1 saturated heterocycles. The highest BCUT2D eigenvalue weighted by molar-refractivity contribution is 6.32. The number of halogens is 1. The van der Waals surface area contributed by atoms with Crippen molar-refractivity contribution in [3.63, 3.8) is 0 Å². The fourth-order valence-corrected chi connectivity index (χ4v) is 4.87. The SMILES string of the molecule is O=C1CCc2c(ccc(C(O)CN3CCC[C@H](Cc4ccccc4)C3)c2Cl)N1. The lowest BCUT2D eigenvalue weighted by molar-refractivity contribution is -0.116. The van der Waals surface area contributed by atoms with Crippen LogP contribution in [0.2, 0.25) is 5.02 Å². The van der Waals surface area contributed by atoms with Crippen molar-refractivity contribution in [1.29, 1.82) is 0 Å². The van der Waals surface area contributed by atoms with Crippen LogP contribution in [0.3, 0.4) is 0 Å². The van der Waals surface area contributed by atoms with Gasteiger partial charge in [-0.25, -0.2) is 0 Å². The smallest absolute Gasteiger partial charge is 0.224 e. The third-order valence-electron chi connectivity index (χ3n) is 5.91. The largest absolute Gasteiger partial charge is 0.387 e. The minimum Gasteiger partial charge on any atom is -0.387 e. The van der Waals surface area contributed by atoms with Gasteiger partial charge in [0.1, 0.15) is 0 Å². The number of aliphatic hydroxyl groups is 1. The Bertz CT molecular complexity index is 840. The van der Waals surface area contributed by atoms with Crippen LogP contribution < -0.4 is 5.32 Å². The molecule has 2 atom stereocenters. The first kappa shape index (κ1) is 19.4. The molecule has 28 heavy (non-hydrogen) atoms. The summed E-state index contributed by atoms with van der Waals surface area (Å²) in [5.41, 5.74) is 3.87. The van der Waals surface area contributed by atoms with E-state index in [0.29, 0.717) is 30.3 Å². The van der Waals surface area contributed by atoms with E-state index >= 15 is 0 Å². The third-order valence-corrected chi connectivity index (χ3v) is 6.36. The zero-order chi connectivity index (χ0) is 19.5. The minimum atomic E-state index is -0.620. The highest BCUT2D eigenvalue weighted by atomic mass is 35.5. The molecule has 0 bridgehead atoms. The summed E-state index contributed by atoms with van der Waals surface area (Å²) in [6.07, 6.45) is 3.94. The van der Waals surface area contributed by atoms with Gasteiger partial charge >= 0.3 is 0 Å². The highest BCUT2D eigenvalue weighted by Gasteiger charge is 2.26. The van der Waals surface area contributed by atoms with Crippen LogP contribution in [0.5, 0.6) is 0 Å². The molecule has 0 saturated carbocycles. The fourth-order valence-electron chi connectivity index (χ4n) is 4.48. The topological polar surface area (TPSA) is 52.6 Å². The number of likely N-dealkylation sites (tertiary alicyclic amines) is 1. The molecule has 2 aromatic rings. The predicted octanol–water partition coefficient (Wildman–Crippen LogP) is 4.21. The zero-order valence-corrected chi connectivity index (χ0v) is 16.8. The summed E-state index contributed by atoms with van der Waals surface area (Å²) in [6.45, 7) is 2.61. The van der Waals surface area contributed by atoms with Crippen LogP contribution in [-0.4, -0.2) is 35.5 Å². The van der Waals surface area contributed by atoms with E-state index in [-0.39, 0.29) is 5.91 Å². The summed E-state index contributed by atoms with van der Waals surface area (Å²) in [6, 6.07) is 14.4. The first-order chi connectivity index (χ1) is 13.6. The number of aliphatic hydroxyl groups excluding tert-OH is 1. The van der Waals surface area contributed by atoms with Gasteiger partial charge in [-0.15, -0.1) is 0 Å². The minimum absolute atomic E-state index is 0.0228. The molecular weight excluding hydrogens is 372 g/mol. The number of carbonyl (C=O) groups is 1. The molecule has 2 aliphatic heterocycles. The lowest BCUT2D eigenvalue weighted by Crippen LogP contribution is -2.38. The molecule has 148 valence electrons. The number of carbonyl (C=O) groups excluding carboxylic acids is 1. The second-order valence-corrected chi connectivity index (χ2v) is 8.39. The van der Waals surface area contributed by atoms with Gasteiger partial charge in [0, 0.05) is 30.8 Å². The quantitative estimate of drug-likeness (QED) is 0.793. The Labute approximate surface area is 171 Å². The van der Waals surface area contributed by atoms with Crippen LogP contribution in [0.1, 0.15) is 42.1 Å². The van der Waals surface area contributed by atoms with E-state index in [0.717, 1.165) is 42.7 Å². The molecule has 1 unspecified atom stereocenters. The molecule has 2 aromatic carbocycles. The predicted molar refractivity (Wildman–Crippen MR) is 113 cm³/mol. The normalized spacial score (nSPS) is 21.1. The number of β-amino-alcohol motifs (C(OH)–C–C–N with tert-alkyl or cyclic N) is 1. The Balaban J connectivity index is 1.40. The van der Waals surface area contributed by atoms with Gasteiger partial charge < -0.3 is 15.3 Å². The summed E-state index contributed by atoms with van der Waals surface area (Å²) < 4.78 is 0. The Kier molecular flexibility index (Phi) is 6.00. The summed E-state index contributed by atoms with van der Waals surface area (Å²) in [4.78, 5) is 13.9. The molecule has 0 radical (unpaired) electrons. The van der Waals surface area contributed by atoms with Crippen LogP contribution in [0, 0.1) is 5.92 Å². The molecule has 2 heterocycles. The maximum Gasteiger partial charge on any atom is 0.224 e. The number of benzene rings is 2. The number of rotatable bonds is 5. The van der Waals surface area contributed by atoms with E-state index in [9.17, 15) is 9.90 Å². The van der Waals surface area contributed by atoms with Gasteiger partial charge in [-0.05, 0) is 55.3 Å². The number of nitrogens with zero attached hydrogens (tertiary/aromatic N) is 1. The Morgan fingerprint density at radius 1 is 1.18 bits per heavy atom. The average molecular weight is 399 g/mol. The maximum absolute atomic E-state index is 11.6. The van der Waals surface area contributed by atoms with Crippen molar-refractivity contribution in [2.45, 2.75) is 38.2 Å². The van der Waals surface area contributed by atoms with E-state index in [1.165, 1.54) is 12.0 Å². The van der Waals surface area contributed by atoms with Crippen LogP contribution in [-0.2, 0) is 17.6 Å². The molecule has 2 aliphatic rings. The van der Waals surface area contributed by atoms with Crippen molar-refractivity contribution < 1.29 is 9.90 Å². The van der Waals surface area contributed by atoms with E-state index in [4.69, 9.17) is 11.6 Å². The molecule has 2 N–H and O–H groups in total. The number of hydrogen-bond acceptors (Lipinski definition) is 3. The highest BCUT2D eigenvalue weighted by Crippen LogP contribution is 2.35. The maximum atomic E-state index is 11.6. The third kappa shape index (κ3) is 4.40. The number of fused-ring (bicyclic) bond motifs is 1. The molecule has 0 aliphatic carbocycles. The van der Waals surface area contributed by atoms with Crippen molar-refractivity contribution in [2.75, 3.05) is 25.0 Å². The van der Waals surface area contributed by atoms with E-state index in [2.05, 4.69) is 40.5 Å². The number of hydrogen-bond donors (Lipinski definition) is 2. The van der Waals surface area contributed by atoms with Gasteiger partial charge in [0.15, 0.2) is 0 Å². The van der Waals surface area contributed by atoms with Gasteiger partial charge in [0.05, 0.1) is 11.1 Å². The van der Waals surface area contributed by atoms with Gasteiger partial charge in [0.25, 0.3) is 0 Å². The lowest BCUT2D eigenvalue weighted by Gasteiger charge is -2.34. The molecule has 0 aromatic heterocycles. The molecule has 1 amide bonds. The van der Waals surface area contributed by atoms with E-state index in [1.807, 2.05) is 12.1 Å². The van der Waals surface area contributed by atoms with Gasteiger partial charge in [0.2, 0.25) is 5.91 Å². The second-order valence-electron chi connectivity index (χ2n) is 8.02. The molecule has 1 fully saturated rings. The van der Waals surface area contributed by atoms with E-state index in [1.54, 1.807) is 0 Å². The standard InChI is InChI=1S/C23H27ClN2O2/c24-23-18-9-11-22(28)25-20(18)10-8-19(23)21(27)15-26-12-4-7-17(14-26)13-16-5-2-1-3-6-16/h1-3,5-6,8,10,17,21,27H,4,7,9,11-15H2,(H,25,28)/t17-,21?/m1/s1. The van der Waals surface area contributed by atoms with Gasteiger partial charge in [-0.3, -0.25) is 4.79 Å². The van der Waals surface area contributed by atoms with Crippen LogP contribution in [0.4, 0.5) is 5.69 Å². The summed E-state index contributed by atoms with van der Waals surface area (Å²) >= 11 is 6.59. The second kappa shape index (κ2) is 8.64. The molecule has 0 spiro atoms. The Morgan fingerprint density at radius 2 is 2.00 bits per heavy atom. The van der Waals surface area contributed by atoms with Gasteiger partial charge in [-0.1, -0.05) is 48.0 Å². The summed E-state index contributed by atoms with van der Waals surface area (Å²) in [5, 5.41) is 14.3. The van der Waals surface area contributed by atoms with Gasteiger partial charge in [-0.2, -0.15) is 0 Å². The van der Waals surface area contributed by atoms with Crippen molar-refractivity contribution in [1.82, 2.24) is 4.90 Å². The monoisotopic (exact) mass is 398 g/mol. The molecular formula is C23H27ClN2O2. The fraction of sp³-hybridized carbons (Fsp3) is 0.435. The average Bonchev–Trinajstić information content (AvgIpc) is 2.69. The van der Waals surface area contributed by atoms with Crippen molar-refractivity contribution in [3.8, 4) is 0 Å². The number of nitrogens with one attached hydrogen (secondary N) is 1. The van der Waals surface area contributed by atoms with Crippen LogP contribution in [0.15, 0.2) is 42.5 Å². The van der Waals surface area contributed by atoms with Crippen molar-refractivity contribution >= 4 is 23.2 Å². The molecule has 5 heteroatoms. The van der Waals surface area contributed by atoms with Crippen molar-refractivity contribution in [2.24, 2.45) is 5.92 Å². The number of amides is 1. The van der Waals surface area contributed by atoms with Crippen LogP contribution >= 0.6 is 11.6 Å². The number of anilines is 1. The van der Waals surface area contributed by atoms with Crippen LogP contribution in [0.25, 0.3) is 0 Å². The summed E-state index contributed by atoms with van der Waals surface area (Å²) in [5.74, 6) is 0.646. The zero-order valence-electron chi connectivity index (χ0n) is 16.0. The first-order valence-electron chi connectivity index (χ1n) is 10.2. The lowest BCUT2D eigenvalue weighted by atomic mass is 9.91. The van der Waals surface area contributed by atoms with E-state index < -0.39 is 6.10 Å². The first-order valence-corrected chi connectivity index (χ1v) is 10.5. The Hall–Kier alpha value is -1.88.